The Morgan fingerprint density at radius 1 is 1.21 bits per heavy atom. The summed E-state index contributed by atoms with van der Waals surface area (Å²) >= 11 is 6.34. The van der Waals surface area contributed by atoms with Gasteiger partial charge in [-0.2, -0.15) is 9.29 Å². The number of hydrogen-bond acceptors (Lipinski definition) is 8. The molecule has 0 bridgehead atoms. The molecule has 0 saturated carbocycles. The topological polar surface area (TPSA) is 114 Å². The predicted molar refractivity (Wildman–Crippen MR) is 141 cm³/mol. The summed E-state index contributed by atoms with van der Waals surface area (Å²) in [5, 5.41) is 2.98. The molecule has 1 amide bonds. The van der Waals surface area contributed by atoms with Crippen molar-refractivity contribution in [3.8, 4) is 11.6 Å². The molecule has 0 aliphatic heterocycles. The van der Waals surface area contributed by atoms with E-state index in [0.717, 1.165) is 23.4 Å². The van der Waals surface area contributed by atoms with E-state index in [1.54, 1.807) is 0 Å². The van der Waals surface area contributed by atoms with Gasteiger partial charge in [-0.3, -0.25) is 4.79 Å². The third-order valence-electron chi connectivity index (χ3n) is 6.21. The molecule has 1 aliphatic carbocycles. The van der Waals surface area contributed by atoms with Gasteiger partial charge < -0.3 is 19.7 Å². The summed E-state index contributed by atoms with van der Waals surface area (Å²) in [6.07, 6.45) is 2.27. The fourth-order valence-electron chi connectivity index (χ4n) is 4.26. The van der Waals surface area contributed by atoms with E-state index in [2.05, 4.69) is 15.3 Å². The van der Waals surface area contributed by atoms with Crippen LogP contribution in [-0.4, -0.2) is 74.1 Å². The minimum absolute atomic E-state index is 0.0210. The fraction of sp³-hybridized carbons (Fsp3) is 0.320. The molecule has 10 nitrogen and oxygen atoms in total. The highest BCUT2D eigenvalue weighted by Crippen LogP contribution is 2.40. The molecule has 0 fully saturated rings. The number of sulfonamides is 1. The number of benzene rings is 2. The molecule has 2 atom stereocenters. The van der Waals surface area contributed by atoms with Gasteiger partial charge in [0, 0.05) is 33.6 Å². The van der Waals surface area contributed by atoms with E-state index in [9.17, 15) is 17.6 Å². The predicted octanol–water partition coefficient (Wildman–Crippen LogP) is 3.66. The summed E-state index contributed by atoms with van der Waals surface area (Å²) in [5.41, 5.74) is 1.81. The molecule has 1 heterocycles. The van der Waals surface area contributed by atoms with E-state index in [-0.39, 0.29) is 33.9 Å². The molecule has 0 spiro atoms. The van der Waals surface area contributed by atoms with Crippen molar-refractivity contribution < 1.29 is 27.1 Å². The first-order chi connectivity index (χ1) is 17.9. The van der Waals surface area contributed by atoms with Gasteiger partial charge in [-0.1, -0.05) is 35.9 Å². The van der Waals surface area contributed by atoms with E-state index in [1.165, 1.54) is 49.7 Å². The minimum Gasteiger partial charge on any atom is -0.495 e. The molecule has 0 radical (unpaired) electrons. The van der Waals surface area contributed by atoms with Crippen LogP contribution >= 0.6 is 11.6 Å². The lowest BCUT2D eigenvalue weighted by atomic mass is 10.1. The Morgan fingerprint density at radius 3 is 2.58 bits per heavy atom. The smallest absolute Gasteiger partial charge is 0.256 e. The first-order valence-corrected chi connectivity index (χ1v) is 13.7. The van der Waals surface area contributed by atoms with Crippen LogP contribution in [0.3, 0.4) is 0 Å². The van der Waals surface area contributed by atoms with Crippen LogP contribution in [0.1, 0.15) is 27.5 Å². The second-order valence-corrected chi connectivity index (χ2v) is 11.4. The van der Waals surface area contributed by atoms with E-state index in [1.807, 2.05) is 24.3 Å². The van der Waals surface area contributed by atoms with Crippen molar-refractivity contribution in [2.75, 3.05) is 39.8 Å². The number of fused-ring (bicyclic) bond motifs is 1. The number of carbonyl (C=O) groups excluding carboxylic acids is 1. The highest BCUT2D eigenvalue weighted by molar-refractivity contribution is 7.88. The number of amides is 1. The van der Waals surface area contributed by atoms with Crippen molar-refractivity contribution in [1.82, 2.24) is 19.2 Å². The number of nitrogens with one attached hydrogen (secondary N) is 1. The van der Waals surface area contributed by atoms with Gasteiger partial charge in [-0.15, -0.1) is 0 Å². The summed E-state index contributed by atoms with van der Waals surface area (Å²) in [4.78, 5) is 22.0. The number of anilines is 2. The van der Waals surface area contributed by atoms with Gasteiger partial charge in [0.05, 0.1) is 36.9 Å². The monoisotopic (exact) mass is 563 g/mol. The minimum atomic E-state index is -3.54. The molecular weight excluding hydrogens is 537 g/mol. The molecule has 1 aromatic heterocycles. The maximum absolute atomic E-state index is 14.8. The van der Waals surface area contributed by atoms with Gasteiger partial charge in [-0.25, -0.2) is 17.8 Å². The third kappa shape index (κ3) is 5.52. The number of aromatic nitrogens is 2. The van der Waals surface area contributed by atoms with E-state index < -0.39 is 33.9 Å². The number of likely N-dealkylation sites (N-methyl/N-ethyl adjacent to an activating group) is 1. The van der Waals surface area contributed by atoms with Gasteiger partial charge in [0.2, 0.25) is 21.9 Å². The molecule has 4 rings (SSSR count). The van der Waals surface area contributed by atoms with Gasteiger partial charge in [0.1, 0.15) is 22.7 Å². The van der Waals surface area contributed by atoms with Crippen LogP contribution in [0.5, 0.6) is 11.6 Å². The summed E-state index contributed by atoms with van der Waals surface area (Å²) in [6.45, 7) is 0. The lowest BCUT2D eigenvalue weighted by molar-refractivity contribution is 0.0822. The number of methoxy groups -OCH3 is 1. The highest BCUT2D eigenvalue weighted by Gasteiger charge is 2.40. The quantitative estimate of drug-likeness (QED) is 0.442. The molecule has 3 aromatic rings. The van der Waals surface area contributed by atoms with Crippen LogP contribution < -0.4 is 14.8 Å². The van der Waals surface area contributed by atoms with Gasteiger partial charge in [0.25, 0.3) is 5.91 Å². The van der Waals surface area contributed by atoms with Crippen molar-refractivity contribution >= 4 is 39.2 Å². The Morgan fingerprint density at radius 2 is 1.92 bits per heavy atom. The van der Waals surface area contributed by atoms with Crippen molar-refractivity contribution in [1.29, 1.82) is 0 Å². The Balaban J connectivity index is 1.64. The fourth-order valence-corrected chi connectivity index (χ4v) is 5.06. The first kappa shape index (κ1) is 27.6. The number of halogens is 2. The van der Waals surface area contributed by atoms with E-state index in [4.69, 9.17) is 21.1 Å². The molecule has 13 heteroatoms. The lowest BCUT2D eigenvalue weighted by Gasteiger charge is -2.28. The van der Waals surface area contributed by atoms with Crippen LogP contribution in [0.25, 0.3) is 0 Å². The number of nitrogens with zero attached hydrogens (tertiary/aromatic N) is 4. The van der Waals surface area contributed by atoms with Gasteiger partial charge in [-0.05, 0) is 17.2 Å². The summed E-state index contributed by atoms with van der Waals surface area (Å²) < 4.78 is 52.3. The van der Waals surface area contributed by atoms with Crippen LogP contribution in [0.4, 0.5) is 16.0 Å². The standard InChI is InChI=1S/C25H27ClFN5O5S/c1-31(2)24(33)16-11-20(36-4)19(12-18(16)27)29-25-28-13-17(26)23(30-25)37-21-10-14-8-6-7-9-15(14)22(21)32(3)38(5,34)35/h6-9,11-13,21-22H,10H2,1-5H3,(H,28,29,30)/t21-,22-/m1/s1. The zero-order valence-electron chi connectivity index (χ0n) is 21.4. The lowest BCUT2D eigenvalue weighted by Crippen LogP contribution is -2.38. The third-order valence-corrected chi connectivity index (χ3v) is 7.74. The zero-order valence-corrected chi connectivity index (χ0v) is 23.0. The molecule has 1 aliphatic rings. The average Bonchev–Trinajstić information content (AvgIpc) is 3.22. The van der Waals surface area contributed by atoms with Crippen molar-refractivity contribution in [2.24, 2.45) is 0 Å². The zero-order chi connectivity index (χ0) is 27.8. The van der Waals surface area contributed by atoms with Crippen LogP contribution in [0, 0.1) is 5.82 Å². The molecule has 0 unspecified atom stereocenters. The molecule has 202 valence electrons. The number of rotatable bonds is 8. The van der Waals surface area contributed by atoms with Crippen molar-refractivity contribution in [3.05, 3.63) is 70.1 Å². The molecular formula is C25H27ClFN5O5S. The van der Waals surface area contributed by atoms with Crippen molar-refractivity contribution in [2.45, 2.75) is 18.6 Å². The molecule has 1 N–H and O–H groups in total. The Labute approximate surface area is 225 Å². The second kappa shape index (κ2) is 10.7. The molecule has 2 aromatic carbocycles. The van der Waals surface area contributed by atoms with Crippen LogP contribution in [-0.2, 0) is 16.4 Å². The van der Waals surface area contributed by atoms with E-state index in [0.29, 0.717) is 6.42 Å². The normalized spacial score (nSPS) is 16.7. The maximum atomic E-state index is 14.8. The maximum Gasteiger partial charge on any atom is 0.256 e. The Kier molecular flexibility index (Phi) is 7.77. The number of hydrogen-bond donors (Lipinski definition) is 1. The summed E-state index contributed by atoms with van der Waals surface area (Å²) in [6, 6.07) is 9.30. The SMILES string of the molecule is COc1cc(C(=O)N(C)C)c(F)cc1Nc1ncc(Cl)c(O[C@@H]2Cc3ccccc3[C@H]2N(C)S(C)(=O)=O)n1. The first-order valence-electron chi connectivity index (χ1n) is 11.5. The molecule has 38 heavy (non-hydrogen) atoms. The van der Waals surface area contributed by atoms with Crippen LogP contribution in [0.2, 0.25) is 5.02 Å². The Bertz CT molecular complexity index is 1490. The average molecular weight is 564 g/mol. The number of carbonyl (C=O) groups is 1. The molecule has 0 saturated heterocycles. The summed E-state index contributed by atoms with van der Waals surface area (Å²) in [5.74, 6) is -1.03. The summed E-state index contributed by atoms with van der Waals surface area (Å²) in [7, 11) is 2.38. The Hall–Kier alpha value is -3.48. The van der Waals surface area contributed by atoms with E-state index >= 15 is 0 Å². The van der Waals surface area contributed by atoms with Crippen LogP contribution in [0.15, 0.2) is 42.6 Å². The largest absolute Gasteiger partial charge is 0.495 e. The number of ether oxygens (including phenoxy) is 2. The van der Waals surface area contributed by atoms with Gasteiger partial charge >= 0.3 is 0 Å². The highest BCUT2D eigenvalue weighted by atomic mass is 35.5. The second-order valence-electron chi connectivity index (χ2n) is 8.99. The van der Waals surface area contributed by atoms with Gasteiger partial charge in [0.15, 0.2) is 0 Å². The van der Waals surface area contributed by atoms with Crippen molar-refractivity contribution in [3.63, 3.8) is 0 Å².